The van der Waals surface area contributed by atoms with Gasteiger partial charge in [0.25, 0.3) is 5.91 Å². The van der Waals surface area contributed by atoms with Crippen molar-refractivity contribution >= 4 is 43.8 Å². The second-order valence-corrected chi connectivity index (χ2v) is 8.76. The zero-order valence-electron chi connectivity index (χ0n) is 14.5. The molecule has 1 aliphatic rings. The maximum Gasteiger partial charge on any atom is 0.267 e. The zero-order chi connectivity index (χ0) is 18.1. The molecule has 0 atom stereocenters. The molecule has 4 nitrogen and oxygen atoms in total. The number of nitrogens with zero attached hydrogens (tertiary/aromatic N) is 2. The van der Waals surface area contributed by atoms with Crippen molar-refractivity contribution in [3.8, 4) is 0 Å². The predicted molar refractivity (Wildman–Crippen MR) is 106 cm³/mol. The molecule has 0 spiro atoms. The van der Waals surface area contributed by atoms with Crippen LogP contribution in [0.3, 0.4) is 0 Å². The van der Waals surface area contributed by atoms with Gasteiger partial charge in [0.15, 0.2) is 5.13 Å². The SMILES string of the molecule is CC1CCN(Cc2csc(NC(=O)c3cc4c(F)cccc4s3)n2)CC1. The van der Waals surface area contributed by atoms with Crippen molar-refractivity contribution < 1.29 is 9.18 Å². The standard InChI is InChI=1S/C19H20FN3OS2/c1-12-5-7-23(8-6-12)10-13-11-25-19(21-13)22-18(24)17-9-14-15(20)3-2-4-16(14)26-17/h2-4,9,11-12H,5-8,10H2,1H3,(H,21,22,24). The summed E-state index contributed by atoms with van der Waals surface area (Å²) in [5.74, 6) is 0.270. The highest BCUT2D eigenvalue weighted by Crippen LogP contribution is 2.28. The van der Waals surface area contributed by atoms with Gasteiger partial charge in [-0.3, -0.25) is 15.0 Å². The molecule has 0 aliphatic carbocycles. The predicted octanol–water partition coefficient (Wildman–Crippen LogP) is 4.98. The molecule has 4 rings (SSSR count). The average Bonchev–Trinajstić information content (AvgIpc) is 3.25. The summed E-state index contributed by atoms with van der Waals surface area (Å²) in [5.41, 5.74) is 0.988. The largest absolute Gasteiger partial charge is 0.297 e. The van der Waals surface area contributed by atoms with Gasteiger partial charge in [-0.05, 0) is 50.0 Å². The van der Waals surface area contributed by atoms with Crippen molar-refractivity contribution in [1.29, 1.82) is 0 Å². The van der Waals surface area contributed by atoms with Crippen LogP contribution in [0.25, 0.3) is 10.1 Å². The zero-order valence-corrected chi connectivity index (χ0v) is 16.1. The van der Waals surface area contributed by atoms with Crippen molar-refractivity contribution in [3.63, 3.8) is 0 Å². The summed E-state index contributed by atoms with van der Waals surface area (Å²) in [7, 11) is 0. The molecule has 26 heavy (non-hydrogen) atoms. The van der Waals surface area contributed by atoms with Crippen LogP contribution in [0.4, 0.5) is 9.52 Å². The van der Waals surface area contributed by atoms with Crippen LogP contribution in [-0.4, -0.2) is 28.9 Å². The molecular formula is C19H20FN3OS2. The van der Waals surface area contributed by atoms with Crippen LogP contribution in [0.15, 0.2) is 29.6 Å². The van der Waals surface area contributed by atoms with Crippen LogP contribution in [0, 0.1) is 11.7 Å². The smallest absolute Gasteiger partial charge is 0.267 e. The highest BCUT2D eigenvalue weighted by Gasteiger charge is 2.18. The topological polar surface area (TPSA) is 45.2 Å². The van der Waals surface area contributed by atoms with E-state index < -0.39 is 0 Å². The summed E-state index contributed by atoms with van der Waals surface area (Å²) in [5, 5.41) is 5.92. The Balaban J connectivity index is 1.41. The first-order chi connectivity index (χ1) is 12.6. The Morgan fingerprint density at radius 3 is 2.96 bits per heavy atom. The number of benzene rings is 1. The molecule has 0 radical (unpaired) electrons. The summed E-state index contributed by atoms with van der Waals surface area (Å²) in [6.45, 7) is 5.34. The van der Waals surface area contributed by atoms with E-state index >= 15 is 0 Å². The third-order valence-electron chi connectivity index (χ3n) is 4.77. The van der Waals surface area contributed by atoms with E-state index in [0.29, 0.717) is 15.4 Å². The molecule has 3 aromatic rings. The summed E-state index contributed by atoms with van der Waals surface area (Å²) < 4.78 is 14.6. The van der Waals surface area contributed by atoms with Gasteiger partial charge in [0.05, 0.1) is 10.6 Å². The second kappa shape index (κ2) is 7.42. The molecule has 2 aromatic heterocycles. The van der Waals surface area contributed by atoms with Gasteiger partial charge in [-0.2, -0.15) is 0 Å². The monoisotopic (exact) mass is 389 g/mol. The Labute approximate surface area is 159 Å². The summed E-state index contributed by atoms with van der Waals surface area (Å²) in [4.78, 5) is 19.9. The molecule has 1 amide bonds. The van der Waals surface area contributed by atoms with Gasteiger partial charge in [0.2, 0.25) is 0 Å². The highest BCUT2D eigenvalue weighted by atomic mass is 32.1. The fourth-order valence-corrected chi connectivity index (χ4v) is 4.85. The van der Waals surface area contributed by atoms with Gasteiger partial charge in [-0.15, -0.1) is 22.7 Å². The number of halogens is 1. The third-order valence-corrected chi connectivity index (χ3v) is 6.67. The Bertz CT molecular complexity index is 928. The number of thiophene rings is 1. The van der Waals surface area contributed by atoms with Gasteiger partial charge in [-0.25, -0.2) is 9.37 Å². The lowest BCUT2D eigenvalue weighted by Crippen LogP contribution is -2.32. The minimum absolute atomic E-state index is 0.238. The molecule has 0 saturated carbocycles. The number of piperidine rings is 1. The summed E-state index contributed by atoms with van der Waals surface area (Å²) in [6.07, 6.45) is 2.46. The number of thiazole rings is 1. The third kappa shape index (κ3) is 3.79. The Morgan fingerprint density at radius 2 is 2.19 bits per heavy atom. The molecular weight excluding hydrogens is 369 g/mol. The minimum atomic E-state index is -0.301. The van der Waals surface area contributed by atoms with Crippen LogP contribution < -0.4 is 5.32 Å². The second-order valence-electron chi connectivity index (χ2n) is 6.82. The maximum absolute atomic E-state index is 13.8. The number of hydrogen-bond donors (Lipinski definition) is 1. The number of amides is 1. The molecule has 0 bridgehead atoms. The first-order valence-electron chi connectivity index (χ1n) is 8.74. The molecule has 1 aromatic carbocycles. The molecule has 1 N–H and O–H groups in total. The molecule has 0 unspecified atom stereocenters. The lowest BCUT2D eigenvalue weighted by molar-refractivity contribution is 0.103. The van der Waals surface area contributed by atoms with Crippen LogP contribution in [0.2, 0.25) is 0 Å². The normalized spacial score (nSPS) is 16.2. The minimum Gasteiger partial charge on any atom is -0.297 e. The van der Waals surface area contributed by atoms with Crippen molar-refractivity contribution in [1.82, 2.24) is 9.88 Å². The van der Waals surface area contributed by atoms with Crippen LogP contribution in [0.1, 0.15) is 35.1 Å². The molecule has 1 aliphatic heterocycles. The quantitative estimate of drug-likeness (QED) is 0.684. The van der Waals surface area contributed by atoms with Gasteiger partial charge >= 0.3 is 0 Å². The molecule has 136 valence electrons. The first kappa shape index (κ1) is 17.6. The van der Waals surface area contributed by atoms with E-state index in [-0.39, 0.29) is 11.7 Å². The number of likely N-dealkylation sites (tertiary alicyclic amines) is 1. The van der Waals surface area contributed by atoms with Crippen molar-refractivity contribution in [2.45, 2.75) is 26.3 Å². The van der Waals surface area contributed by atoms with Crippen LogP contribution in [0.5, 0.6) is 0 Å². The fourth-order valence-electron chi connectivity index (χ4n) is 3.18. The number of rotatable bonds is 4. The highest BCUT2D eigenvalue weighted by molar-refractivity contribution is 7.21. The lowest BCUT2D eigenvalue weighted by Gasteiger charge is -2.29. The van der Waals surface area contributed by atoms with Gasteiger partial charge < -0.3 is 0 Å². The maximum atomic E-state index is 13.8. The summed E-state index contributed by atoms with van der Waals surface area (Å²) in [6, 6.07) is 6.49. The summed E-state index contributed by atoms with van der Waals surface area (Å²) >= 11 is 2.72. The fraction of sp³-hybridized carbons (Fsp3) is 0.368. The van der Waals surface area contributed by atoms with Crippen molar-refractivity contribution in [2.24, 2.45) is 5.92 Å². The van der Waals surface area contributed by atoms with Crippen molar-refractivity contribution in [2.75, 3.05) is 18.4 Å². The first-order valence-corrected chi connectivity index (χ1v) is 10.4. The number of carbonyl (C=O) groups excluding carboxylic acids is 1. The number of aromatic nitrogens is 1. The Morgan fingerprint density at radius 1 is 1.38 bits per heavy atom. The van der Waals surface area contributed by atoms with Crippen LogP contribution in [-0.2, 0) is 6.54 Å². The van der Waals surface area contributed by atoms with E-state index in [9.17, 15) is 9.18 Å². The van der Waals surface area contributed by atoms with E-state index in [4.69, 9.17) is 0 Å². The molecule has 3 heterocycles. The van der Waals surface area contributed by atoms with Gasteiger partial charge in [0.1, 0.15) is 5.82 Å². The van der Waals surface area contributed by atoms with Gasteiger partial charge in [0, 0.05) is 22.0 Å². The average molecular weight is 390 g/mol. The Hall–Kier alpha value is -1.83. The van der Waals surface area contributed by atoms with Gasteiger partial charge in [-0.1, -0.05) is 13.0 Å². The van der Waals surface area contributed by atoms with E-state index in [0.717, 1.165) is 35.9 Å². The molecule has 1 fully saturated rings. The number of nitrogens with one attached hydrogen (secondary N) is 1. The Kier molecular flexibility index (Phi) is 5.02. The number of anilines is 1. The van der Waals surface area contributed by atoms with E-state index in [2.05, 4.69) is 22.1 Å². The number of carbonyl (C=O) groups is 1. The van der Waals surface area contributed by atoms with Crippen molar-refractivity contribution in [3.05, 3.63) is 46.0 Å². The van der Waals surface area contributed by atoms with E-state index in [1.165, 1.54) is 41.6 Å². The number of hydrogen-bond acceptors (Lipinski definition) is 5. The van der Waals surface area contributed by atoms with E-state index in [1.807, 2.05) is 11.4 Å². The van der Waals surface area contributed by atoms with E-state index in [1.54, 1.807) is 12.1 Å². The molecule has 1 saturated heterocycles. The molecule has 7 heteroatoms. The lowest BCUT2D eigenvalue weighted by atomic mass is 9.99. The van der Waals surface area contributed by atoms with Crippen LogP contribution >= 0.6 is 22.7 Å². The number of fused-ring (bicyclic) bond motifs is 1.